The zero-order valence-electron chi connectivity index (χ0n) is 9.06. The minimum Gasteiger partial charge on any atom is -0.488 e. The Hall–Kier alpha value is -1.76. The molecule has 0 aromatic carbocycles. The van der Waals surface area contributed by atoms with Gasteiger partial charge in [-0.3, -0.25) is 0 Å². The van der Waals surface area contributed by atoms with Gasteiger partial charge in [0.25, 0.3) is 0 Å². The lowest BCUT2D eigenvalue weighted by Gasteiger charge is -2.09. The predicted molar refractivity (Wildman–Crippen MR) is 59.8 cm³/mol. The van der Waals surface area contributed by atoms with Crippen LogP contribution < -0.4 is 10.1 Å². The monoisotopic (exact) mass is 257 g/mol. The Morgan fingerprint density at radius 1 is 1.76 bits per heavy atom. The number of alkyl carbamates (subject to hydrolysis) is 1. The lowest BCUT2D eigenvalue weighted by atomic mass is 10.3. The highest BCUT2D eigenvalue weighted by molar-refractivity contribution is 7.14. The molecule has 0 spiro atoms. The zero-order valence-corrected chi connectivity index (χ0v) is 9.87. The molecule has 0 radical (unpaired) electrons. The number of hydrogen-bond donors (Lipinski definition) is 2. The Morgan fingerprint density at radius 3 is 3.12 bits per heavy atom. The van der Waals surface area contributed by atoms with Gasteiger partial charge in [-0.1, -0.05) is 0 Å². The van der Waals surface area contributed by atoms with Gasteiger partial charge in [0.05, 0.1) is 6.54 Å². The molecule has 0 saturated carbocycles. The van der Waals surface area contributed by atoms with Gasteiger partial charge in [-0.15, -0.1) is 11.3 Å². The van der Waals surface area contributed by atoms with Crippen LogP contribution in [0.15, 0.2) is 6.07 Å². The third kappa shape index (κ3) is 2.68. The number of amides is 1. The summed E-state index contributed by atoms with van der Waals surface area (Å²) in [6.07, 6.45) is -0.845. The molecule has 1 amide bonds. The number of cyclic esters (lactones) is 1. The molecule has 1 aromatic rings. The van der Waals surface area contributed by atoms with E-state index in [0.29, 0.717) is 12.3 Å². The summed E-state index contributed by atoms with van der Waals surface area (Å²) in [5.74, 6) is -0.692. The molecule has 1 unspecified atom stereocenters. The summed E-state index contributed by atoms with van der Waals surface area (Å²) in [5, 5.41) is 11.4. The second kappa shape index (κ2) is 4.62. The summed E-state index contributed by atoms with van der Waals surface area (Å²) in [6.45, 7) is 2.33. The SMILES string of the molecule is Cc1cc(OCC2CNC(=O)O2)c(C(=O)O)s1. The van der Waals surface area contributed by atoms with Crippen LogP contribution in [-0.2, 0) is 4.74 Å². The van der Waals surface area contributed by atoms with Crippen LogP contribution in [0.25, 0.3) is 0 Å². The van der Waals surface area contributed by atoms with Crippen LogP contribution in [0.4, 0.5) is 4.79 Å². The highest BCUT2D eigenvalue weighted by Gasteiger charge is 2.24. The molecule has 1 fully saturated rings. The number of carboxylic acid groups (broad SMARTS) is 1. The molecule has 1 aliphatic heterocycles. The van der Waals surface area contributed by atoms with E-state index in [0.717, 1.165) is 16.2 Å². The van der Waals surface area contributed by atoms with Gasteiger partial charge in [-0.05, 0) is 13.0 Å². The summed E-state index contributed by atoms with van der Waals surface area (Å²) in [5.41, 5.74) is 0. The van der Waals surface area contributed by atoms with E-state index < -0.39 is 12.1 Å². The highest BCUT2D eigenvalue weighted by Crippen LogP contribution is 2.29. The summed E-state index contributed by atoms with van der Waals surface area (Å²) in [7, 11) is 0. The maximum atomic E-state index is 10.9. The van der Waals surface area contributed by atoms with Crippen molar-refractivity contribution < 1.29 is 24.2 Å². The van der Waals surface area contributed by atoms with E-state index in [9.17, 15) is 9.59 Å². The quantitative estimate of drug-likeness (QED) is 0.847. The first-order valence-corrected chi connectivity index (χ1v) is 5.79. The molecular formula is C10H11NO5S. The summed E-state index contributed by atoms with van der Waals surface area (Å²) in [4.78, 5) is 22.7. The number of ether oxygens (including phenoxy) is 2. The molecule has 7 heteroatoms. The van der Waals surface area contributed by atoms with Crippen LogP contribution in [0.2, 0.25) is 0 Å². The second-order valence-electron chi connectivity index (χ2n) is 3.57. The normalized spacial score (nSPS) is 18.6. The number of rotatable bonds is 4. The lowest BCUT2D eigenvalue weighted by Crippen LogP contribution is -2.22. The van der Waals surface area contributed by atoms with Gasteiger partial charge in [0, 0.05) is 4.88 Å². The maximum absolute atomic E-state index is 10.9. The summed E-state index contributed by atoms with van der Waals surface area (Å²) < 4.78 is 10.2. The van der Waals surface area contributed by atoms with E-state index >= 15 is 0 Å². The van der Waals surface area contributed by atoms with Crippen molar-refractivity contribution in [2.45, 2.75) is 13.0 Å². The minimum absolute atomic E-state index is 0.148. The number of carbonyl (C=O) groups is 2. The average Bonchev–Trinajstić information content (AvgIpc) is 2.82. The van der Waals surface area contributed by atoms with E-state index in [1.54, 1.807) is 13.0 Å². The average molecular weight is 257 g/mol. The first-order valence-electron chi connectivity index (χ1n) is 4.97. The van der Waals surface area contributed by atoms with Crippen molar-refractivity contribution >= 4 is 23.4 Å². The summed E-state index contributed by atoms with van der Waals surface area (Å²) in [6, 6.07) is 1.67. The Bertz CT molecular complexity index is 456. The molecule has 1 atom stereocenters. The number of aryl methyl sites for hydroxylation is 1. The van der Waals surface area contributed by atoms with Gasteiger partial charge < -0.3 is 19.9 Å². The van der Waals surface area contributed by atoms with Crippen LogP contribution in [0.5, 0.6) is 5.75 Å². The molecule has 17 heavy (non-hydrogen) atoms. The topological polar surface area (TPSA) is 84.9 Å². The van der Waals surface area contributed by atoms with Crippen LogP contribution in [0.1, 0.15) is 14.5 Å². The van der Waals surface area contributed by atoms with Gasteiger partial charge in [0.2, 0.25) is 0 Å². The zero-order chi connectivity index (χ0) is 12.4. The van der Waals surface area contributed by atoms with Crippen LogP contribution in [0.3, 0.4) is 0 Å². The number of nitrogens with one attached hydrogen (secondary N) is 1. The third-order valence-corrected chi connectivity index (χ3v) is 3.21. The molecule has 0 bridgehead atoms. The fourth-order valence-corrected chi connectivity index (χ4v) is 2.25. The van der Waals surface area contributed by atoms with Crippen molar-refractivity contribution in [3.63, 3.8) is 0 Å². The van der Waals surface area contributed by atoms with Crippen LogP contribution in [0, 0.1) is 6.92 Å². The second-order valence-corrected chi connectivity index (χ2v) is 4.83. The van der Waals surface area contributed by atoms with Gasteiger partial charge in [-0.25, -0.2) is 9.59 Å². The molecule has 2 heterocycles. The molecule has 92 valence electrons. The molecule has 0 aliphatic carbocycles. The van der Waals surface area contributed by atoms with Gasteiger partial charge in [0.1, 0.15) is 12.4 Å². The van der Waals surface area contributed by atoms with E-state index in [1.807, 2.05) is 0 Å². The smallest absolute Gasteiger partial charge is 0.407 e. The number of hydrogen-bond acceptors (Lipinski definition) is 5. The van der Waals surface area contributed by atoms with Crippen LogP contribution in [-0.4, -0.2) is 36.4 Å². The highest BCUT2D eigenvalue weighted by atomic mass is 32.1. The molecule has 1 aromatic heterocycles. The van der Waals surface area contributed by atoms with Crippen molar-refractivity contribution in [1.29, 1.82) is 0 Å². The van der Waals surface area contributed by atoms with Crippen molar-refractivity contribution in [3.05, 3.63) is 15.8 Å². The molecular weight excluding hydrogens is 246 g/mol. The number of carbonyl (C=O) groups excluding carboxylic acids is 1. The summed E-state index contributed by atoms with van der Waals surface area (Å²) >= 11 is 1.16. The number of thiophene rings is 1. The minimum atomic E-state index is -1.01. The molecule has 6 nitrogen and oxygen atoms in total. The molecule has 1 aliphatic rings. The van der Waals surface area contributed by atoms with E-state index in [2.05, 4.69) is 5.32 Å². The van der Waals surface area contributed by atoms with Gasteiger partial charge in [-0.2, -0.15) is 0 Å². The van der Waals surface area contributed by atoms with Crippen molar-refractivity contribution in [2.24, 2.45) is 0 Å². The third-order valence-electron chi connectivity index (χ3n) is 2.19. The van der Waals surface area contributed by atoms with Crippen LogP contribution >= 0.6 is 11.3 Å². The molecule has 1 saturated heterocycles. The van der Waals surface area contributed by atoms with E-state index in [-0.39, 0.29) is 17.6 Å². The van der Waals surface area contributed by atoms with Crippen molar-refractivity contribution in [3.8, 4) is 5.75 Å². The lowest BCUT2D eigenvalue weighted by molar-refractivity contribution is 0.0690. The Kier molecular flexibility index (Phi) is 3.19. The fraction of sp³-hybridized carbons (Fsp3) is 0.400. The number of carboxylic acids is 1. The maximum Gasteiger partial charge on any atom is 0.407 e. The fourth-order valence-electron chi connectivity index (χ4n) is 1.45. The van der Waals surface area contributed by atoms with Crippen molar-refractivity contribution in [1.82, 2.24) is 5.32 Å². The first-order chi connectivity index (χ1) is 8.06. The Labute approximate surface area is 101 Å². The number of aromatic carboxylic acids is 1. The van der Waals surface area contributed by atoms with Crippen molar-refractivity contribution in [2.75, 3.05) is 13.2 Å². The standard InChI is InChI=1S/C10H11NO5S/c1-5-2-7(8(17-5)9(12)13)15-4-6-3-11-10(14)16-6/h2,6H,3-4H2,1H3,(H,11,14)(H,12,13). The van der Waals surface area contributed by atoms with E-state index in [1.165, 1.54) is 0 Å². The molecule has 2 N–H and O–H groups in total. The first kappa shape index (κ1) is 11.7. The predicted octanol–water partition coefficient (Wildman–Crippen LogP) is 1.24. The largest absolute Gasteiger partial charge is 0.488 e. The van der Waals surface area contributed by atoms with Gasteiger partial charge in [0.15, 0.2) is 11.0 Å². The Morgan fingerprint density at radius 2 is 2.53 bits per heavy atom. The Balaban J connectivity index is 1.99. The van der Waals surface area contributed by atoms with E-state index in [4.69, 9.17) is 14.6 Å². The van der Waals surface area contributed by atoms with Gasteiger partial charge >= 0.3 is 12.1 Å². The molecule has 2 rings (SSSR count).